The van der Waals surface area contributed by atoms with Gasteiger partial charge >= 0.3 is 6.09 Å². The number of hydrogen-bond donors (Lipinski definition) is 1. The highest BCUT2D eigenvalue weighted by molar-refractivity contribution is 5.68. The average Bonchev–Trinajstić information content (AvgIpc) is 2.73. The third-order valence-corrected chi connectivity index (χ3v) is 5.20. The first-order chi connectivity index (χ1) is 14.3. The number of carbonyl (C=O) groups is 1. The van der Waals surface area contributed by atoms with E-state index in [1.54, 1.807) is 4.90 Å². The molecule has 6 nitrogen and oxygen atoms in total. The van der Waals surface area contributed by atoms with E-state index in [1.165, 1.54) is 5.56 Å². The summed E-state index contributed by atoms with van der Waals surface area (Å²) in [5.41, 5.74) is 4.15. The molecule has 1 N–H and O–H groups in total. The summed E-state index contributed by atoms with van der Waals surface area (Å²) in [4.78, 5) is 20.9. The summed E-state index contributed by atoms with van der Waals surface area (Å²) in [6.45, 7) is 8.72. The van der Waals surface area contributed by atoms with Crippen molar-refractivity contribution < 1.29 is 14.6 Å². The molecule has 1 fully saturated rings. The van der Waals surface area contributed by atoms with E-state index in [0.717, 1.165) is 42.9 Å². The Balaban J connectivity index is 1.47. The van der Waals surface area contributed by atoms with Crippen molar-refractivity contribution >= 4 is 11.8 Å². The van der Waals surface area contributed by atoms with Gasteiger partial charge in [-0.25, -0.2) is 4.79 Å². The largest absolute Gasteiger partial charge is 0.444 e. The second-order valence-electron chi connectivity index (χ2n) is 8.75. The van der Waals surface area contributed by atoms with E-state index < -0.39 is 5.60 Å². The van der Waals surface area contributed by atoms with Crippen LogP contribution in [0.2, 0.25) is 0 Å². The Labute approximate surface area is 179 Å². The minimum atomic E-state index is -0.463. The third kappa shape index (κ3) is 6.46. The molecule has 0 atom stereocenters. The molecule has 0 unspecified atom stereocenters. The summed E-state index contributed by atoms with van der Waals surface area (Å²) in [6, 6.07) is 12.6. The Morgan fingerprint density at radius 2 is 1.60 bits per heavy atom. The molecule has 1 aromatic carbocycles. The number of aliphatic hydroxyl groups excluding tert-OH is 1. The summed E-state index contributed by atoms with van der Waals surface area (Å²) in [5.74, 6) is 0. The SMILES string of the molecule is CC(C)(C)OC(=O)N1CCN(c2ccc(CCc3ccc(CCO)cc3)nc2)CC1. The molecule has 0 bridgehead atoms. The van der Waals surface area contributed by atoms with Gasteiger partial charge in [-0.2, -0.15) is 0 Å². The van der Waals surface area contributed by atoms with E-state index in [2.05, 4.69) is 46.3 Å². The van der Waals surface area contributed by atoms with Crippen molar-refractivity contribution in [1.29, 1.82) is 0 Å². The highest BCUT2D eigenvalue weighted by Gasteiger charge is 2.26. The van der Waals surface area contributed by atoms with Gasteiger partial charge in [-0.1, -0.05) is 24.3 Å². The first-order valence-electron chi connectivity index (χ1n) is 10.7. The second-order valence-corrected chi connectivity index (χ2v) is 8.75. The second kappa shape index (κ2) is 9.94. The van der Waals surface area contributed by atoms with E-state index in [-0.39, 0.29) is 12.7 Å². The Kier molecular flexibility index (Phi) is 7.32. The topological polar surface area (TPSA) is 65.9 Å². The zero-order chi connectivity index (χ0) is 21.6. The maximum absolute atomic E-state index is 12.2. The van der Waals surface area contributed by atoms with Crippen LogP contribution >= 0.6 is 0 Å². The summed E-state index contributed by atoms with van der Waals surface area (Å²) in [5, 5.41) is 9.00. The van der Waals surface area contributed by atoms with Gasteiger partial charge in [0, 0.05) is 38.5 Å². The first-order valence-corrected chi connectivity index (χ1v) is 10.7. The van der Waals surface area contributed by atoms with Crippen LogP contribution in [-0.2, 0) is 24.0 Å². The van der Waals surface area contributed by atoms with Crippen molar-refractivity contribution in [2.75, 3.05) is 37.7 Å². The molecule has 2 heterocycles. The predicted molar refractivity (Wildman–Crippen MR) is 119 cm³/mol. The number of rotatable bonds is 6. The number of pyridine rings is 1. The van der Waals surface area contributed by atoms with Crippen LogP contribution in [0, 0.1) is 0 Å². The van der Waals surface area contributed by atoms with Crippen molar-refractivity contribution in [3.05, 3.63) is 59.4 Å². The molecule has 1 amide bonds. The van der Waals surface area contributed by atoms with Crippen LogP contribution in [-0.4, -0.2) is 59.5 Å². The highest BCUT2D eigenvalue weighted by Crippen LogP contribution is 2.18. The van der Waals surface area contributed by atoms with Crippen LogP contribution in [0.3, 0.4) is 0 Å². The maximum atomic E-state index is 12.2. The molecule has 0 radical (unpaired) electrons. The summed E-state index contributed by atoms with van der Waals surface area (Å²) >= 11 is 0. The fourth-order valence-electron chi connectivity index (χ4n) is 3.50. The molecule has 1 aromatic heterocycles. The van der Waals surface area contributed by atoms with E-state index >= 15 is 0 Å². The maximum Gasteiger partial charge on any atom is 0.410 e. The van der Waals surface area contributed by atoms with E-state index in [0.29, 0.717) is 19.5 Å². The number of anilines is 1. The first kappa shape index (κ1) is 22.1. The third-order valence-electron chi connectivity index (χ3n) is 5.20. The fourth-order valence-corrected chi connectivity index (χ4v) is 3.50. The van der Waals surface area contributed by atoms with Gasteiger partial charge in [-0.05, 0) is 63.3 Å². The lowest BCUT2D eigenvalue weighted by atomic mass is 10.0. The predicted octanol–water partition coefficient (Wildman–Crippen LogP) is 3.46. The molecule has 0 aliphatic carbocycles. The molecule has 162 valence electrons. The number of hydrogen-bond acceptors (Lipinski definition) is 5. The molecule has 1 saturated heterocycles. The number of aromatic nitrogens is 1. The van der Waals surface area contributed by atoms with Crippen molar-refractivity contribution in [2.45, 2.75) is 45.6 Å². The van der Waals surface area contributed by atoms with Gasteiger partial charge in [0.15, 0.2) is 0 Å². The standard InChI is InChI=1S/C24H33N3O3/c1-24(2,3)30-23(29)27-15-13-26(14-16-27)22-11-10-21(25-18-22)9-8-19-4-6-20(7-5-19)12-17-28/h4-7,10-11,18,28H,8-9,12-17H2,1-3H3. The number of aliphatic hydroxyl groups is 1. The van der Waals surface area contributed by atoms with Gasteiger partial charge in [0.2, 0.25) is 0 Å². The average molecular weight is 412 g/mol. The zero-order valence-electron chi connectivity index (χ0n) is 18.3. The molecule has 3 rings (SSSR count). The van der Waals surface area contributed by atoms with Gasteiger partial charge in [-0.3, -0.25) is 4.98 Å². The number of aryl methyl sites for hydroxylation is 2. The Morgan fingerprint density at radius 1 is 0.967 bits per heavy atom. The van der Waals surface area contributed by atoms with E-state index in [4.69, 9.17) is 9.84 Å². The molecule has 1 aliphatic heterocycles. The lowest BCUT2D eigenvalue weighted by Crippen LogP contribution is -2.50. The van der Waals surface area contributed by atoms with Crippen LogP contribution in [0.4, 0.5) is 10.5 Å². The molecule has 0 saturated carbocycles. The van der Waals surface area contributed by atoms with E-state index in [9.17, 15) is 4.79 Å². The molecular formula is C24H33N3O3. The number of carbonyl (C=O) groups excluding carboxylic acids is 1. The van der Waals surface area contributed by atoms with Gasteiger partial charge in [0.25, 0.3) is 0 Å². The molecule has 6 heteroatoms. The van der Waals surface area contributed by atoms with Crippen molar-refractivity contribution in [3.8, 4) is 0 Å². The molecular weight excluding hydrogens is 378 g/mol. The Bertz CT molecular complexity index is 805. The molecule has 0 spiro atoms. The molecule has 30 heavy (non-hydrogen) atoms. The number of nitrogens with zero attached hydrogens (tertiary/aromatic N) is 3. The summed E-state index contributed by atoms with van der Waals surface area (Å²) < 4.78 is 5.46. The summed E-state index contributed by atoms with van der Waals surface area (Å²) in [6.07, 6.45) is 4.24. The number of benzene rings is 1. The monoisotopic (exact) mass is 411 g/mol. The summed E-state index contributed by atoms with van der Waals surface area (Å²) in [7, 11) is 0. The number of amides is 1. The van der Waals surface area contributed by atoms with Crippen molar-refractivity contribution in [2.24, 2.45) is 0 Å². The van der Waals surface area contributed by atoms with Crippen molar-refractivity contribution in [3.63, 3.8) is 0 Å². The minimum Gasteiger partial charge on any atom is -0.444 e. The molecule has 2 aromatic rings. The molecule has 1 aliphatic rings. The number of ether oxygens (including phenoxy) is 1. The lowest BCUT2D eigenvalue weighted by Gasteiger charge is -2.36. The van der Waals surface area contributed by atoms with Gasteiger partial charge in [0.1, 0.15) is 5.60 Å². The fraction of sp³-hybridized carbons (Fsp3) is 0.500. The lowest BCUT2D eigenvalue weighted by molar-refractivity contribution is 0.0240. The van der Waals surface area contributed by atoms with Crippen molar-refractivity contribution in [1.82, 2.24) is 9.88 Å². The smallest absolute Gasteiger partial charge is 0.410 e. The Hall–Kier alpha value is -2.60. The quantitative estimate of drug-likeness (QED) is 0.789. The van der Waals surface area contributed by atoms with Crippen LogP contribution in [0.5, 0.6) is 0 Å². The van der Waals surface area contributed by atoms with Gasteiger partial charge < -0.3 is 19.6 Å². The van der Waals surface area contributed by atoms with Crippen LogP contribution in [0.1, 0.15) is 37.6 Å². The van der Waals surface area contributed by atoms with E-state index in [1.807, 2.05) is 27.0 Å². The normalized spacial score (nSPS) is 14.7. The van der Waals surface area contributed by atoms with Gasteiger partial charge in [-0.15, -0.1) is 0 Å². The number of piperazine rings is 1. The van der Waals surface area contributed by atoms with Crippen LogP contribution < -0.4 is 4.90 Å². The minimum absolute atomic E-state index is 0.186. The highest BCUT2D eigenvalue weighted by atomic mass is 16.6. The Morgan fingerprint density at radius 3 is 2.13 bits per heavy atom. The van der Waals surface area contributed by atoms with Crippen LogP contribution in [0.25, 0.3) is 0 Å². The van der Waals surface area contributed by atoms with Gasteiger partial charge in [0.05, 0.1) is 11.9 Å². The zero-order valence-corrected chi connectivity index (χ0v) is 18.3. The van der Waals surface area contributed by atoms with Crippen LogP contribution in [0.15, 0.2) is 42.6 Å².